The summed E-state index contributed by atoms with van der Waals surface area (Å²) >= 11 is 0. The van der Waals surface area contributed by atoms with Gasteiger partial charge in [0.1, 0.15) is 17.3 Å². The van der Waals surface area contributed by atoms with Gasteiger partial charge in [-0.1, -0.05) is 0 Å². The molecule has 3 rings (SSSR count). The Hall–Kier alpha value is -1.18. The van der Waals surface area contributed by atoms with Crippen molar-refractivity contribution in [2.45, 2.75) is 38.9 Å². The molecule has 2 fully saturated rings. The maximum Gasteiger partial charge on any atom is 0.495 e. The Labute approximate surface area is 135 Å². The summed E-state index contributed by atoms with van der Waals surface area (Å²) in [4.78, 5) is 1.67. The Kier molecular flexibility index (Phi) is 4.15. The monoisotopic (exact) mass is 325 g/mol. The molecule has 4 nitrogen and oxygen atoms in total. The average Bonchev–Trinajstić information content (AvgIpc) is 2.68. The van der Waals surface area contributed by atoms with E-state index in [1.165, 1.54) is 12.1 Å². The van der Waals surface area contributed by atoms with E-state index in [4.69, 9.17) is 14.0 Å². The van der Waals surface area contributed by atoms with Crippen molar-refractivity contribution >= 4 is 18.3 Å². The number of morpholine rings is 1. The summed E-state index contributed by atoms with van der Waals surface area (Å²) in [6.07, 6.45) is 0. The topological polar surface area (TPSA) is 30.9 Å². The first-order valence-corrected chi connectivity index (χ1v) is 7.88. The number of anilines is 1. The summed E-state index contributed by atoms with van der Waals surface area (Å²) in [7, 11) is -0.775. The Bertz CT molecular complexity index is 564. The van der Waals surface area contributed by atoms with Crippen molar-refractivity contribution in [1.29, 1.82) is 0 Å². The number of hydrogen-bond acceptors (Lipinski definition) is 4. The molecule has 0 radical (unpaired) electrons. The van der Waals surface area contributed by atoms with Crippen molar-refractivity contribution in [2.24, 2.45) is 0 Å². The Morgan fingerprint density at radius 3 is 1.91 bits per heavy atom. The van der Waals surface area contributed by atoms with Gasteiger partial charge in [-0.15, -0.1) is 0 Å². The van der Waals surface area contributed by atoms with Crippen molar-refractivity contribution in [3.8, 4) is 0 Å². The lowest BCUT2D eigenvalue weighted by atomic mass is 9.79. The zero-order chi connectivity index (χ0) is 16.8. The van der Waals surface area contributed by atoms with Gasteiger partial charge < -0.3 is 18.9 Å². The molecule has 0 aromatic heterocycles. The third-order valence-electron chi connectivity index (χ3n) is 4.89. The summed E-state index contributed by atoms with van der Waals surface area (Å²) in [6.45, 7) is 9.51. The van der Waals surface area contributed by atoms with Crippen LogP contribution < -0.4 is 10.4 Å². The van der Waals surface area contributed by atoms with E-state index in [-0.39, 0.29) is 5.69 Å². The fourth-order valence-electron chi connectivity index (χ4n) is 2.79. The predicted molar refractivity (Wildman–Crippen MR) is 85.1 cm³/mol. The largest absolute Gasteiger partial charge is 0.495 e. The van der Waals surface area contributed by atoms with Crippen molar-refractivity contribution in [2.75, 3.05) is 31.2 Å². The van der Waals surface area contributed by atoms with Gasteiger partial charge in [-0.3, -0.25) is 0 Å². The van der Waals surface area contributed by atoms with E-state index in [0.29, 0.717) is 31.8 Å². The molecule has 1 aromatic carbocycles. The summed E-state index contributed by atoms with van der Waals surface area (Å²) in [5.41, 5.74) is -0.745. The van der Waals surface area contributed by atoms with Crippen molar-refractivity contribution in [3.63, 3.8) is 0 Å². The molecular formula is C16H22BF2NO3. The molecule has 0 atom stereocenters. The van der Waals surface area contributed by atoms with Gasteiger partial charge in [-0.25, -0.2) is 8.78 Å². The lowest BCUT2D eigenvalue weighted by molar-refractivity contribution is 0.00578. The minimum Gasteiger partial charge on any atom is -0.399 e. The Balaban J connectivity index is 1.89. The van der Waals surface area contributed by atoms with Crippen LogP contribution in [0.15, 0.2) is 12.1 Å². The number of hydrogen-bond donors (Lipinski definition) is 0. The maximum absolute atomic E-state index is 14.5. The standard InChI is InChI=1S/C16H22BF2NO3/c1-15(2)16(3,4)23-17(22-15)11-9-12(18)14(13(19)10-11)20-5-7-21-8-6-20/h9-10H,5-8H2,1-4H3. The molecule has 0 unspecified atom stereocenters. The van der Waals surface area contributed by atoms with Gasteiger partial charge in [-0.2, -0.15) is 0 Å². The molecule has 23 heavy (non-hydrogen) atoms. The van der Waals surface area contributed by atoms with E-state index in [0.717, 1.165) is 0 Å². The second kappa shape index (κ2) is 5.72. The summed E-state index contributed by atoms with van der Waals surface area (Å²) < 4.78 is 45.9. The highest BCUT2D eigenvalue weighted by atomic mass is 19.1. The van der Waals surface area contributed by atoms with Crippen molar-refractivity contribution < 1.29 is 22.8 Å². The smallest absolute Gasteiger partial charge is 0.399 e. The quantitative estimate of drug-likeness (QED) is 0.780. The zero-order valence-electron chi connectivity index (χ0n) is 14.0. The van der Waals surface area contributed by atoms with Gasteiger partial charge in [0.2, 0.25) is 0 Å². The van der Waals surface area contributed by atoms with Crippen LogP contribution in [-0.2, 0) is 14.0 Å². The minimum absolute atomic E-state index is 0.00596. The third-order valence-corrected chi connectivity index (χ3v) is 4.89. The molecule has 2 aliphatic heterocycles. The number of halogens is 2. The van der Waals surface area contributed by atoms with Crippen LogP contribution in [0.1, 0.15) is 27.7 Å². The second-order valence-electron chi connectivity index (χ2n) is 7.02. The first-order valence-electron chi connectivity index (χ1n) is 7.88. The predicted octanol–water partition coefficient (Wildman–Crippen LogP) is 2.10. The summed E-state index contributed by atoms with van der Waals surface area (Å²) in [5.74, 6) is -1.20. The van der Waals surface area contributed by atoms with Crippen LogP contribution in [0.4, 0.5) is 14.5 Å². The van der Waals surface area contributed by atoms with E-state index in [1.54, 1.807) is 4.90 Å². The first-order chi connectivity index (χ1) is 10.7. The molecule has 2 aliphatic rings. The lowest BCUT2D eigenvalue weighted by Gasteiger charge is -2.32. The van der Waals surface area contributed by atoms with Gasteiger partial charge in [-0.05, 0) is 45.3 Å². The second-order valence-corrected chi connectivity index (χ2v) is 7.02. The number of nitrogens with zero attached hydrogens (tertiary/aromatic N) is 1. The Morgan fingerprint density at radius 2 is 1.43 bits per heavy atom. The zero-order valence-corrected chi connectivity index (χ0v) is 14.0. The van der Waals surface area contributed by atoms with Crippen LogP contribution in [0.25, 0.3) is 0 Å². The van der Waals surface area contributed by atoms with Crippen LogP contribution in [0.3, 0.4) is 0 Å². The van der Waals surface area contributed by atoms with Crippen LogP contribution in [0.2, 0.25) is 0 Å². The highest BCUT2D eigenvalue weighted by molar-refractivity contribution is 6.62. The highest BCUT2D eigenvalue weighted by Gasteiger charge is 2.52. The third kappa shape index (κ3) is 2.97. The van der Waals surface area contributed by atoms with Crippen LogP contribution in [0, 0.1) is 11.6 Å². The van der Waals surface area contributed by atoms with Gasteiger partial charge in [0.25, 0.3) is 0 Å². The van der Waals surface area contributed by atoms with E-state index in [2.05, 4.69) is 0 Å². The van der Waals surface area contributed by atoms with E-state index < -0.39 is 30.0 Å². The highest BCUT2D eigenvalue weighted by Crippen LogP contribution is 2.37. The molecule has 0 amide bonds. The molecular weight excluding hydrogens is 303 g/mol. The molecule has 0 saturated carbocycles. The minimum atomic E-state index is -0.775. The van der Waals surface area contributed by atoms with Gasteiger partial charge in [0.05, 0.1) is 24.4 Å². The van der Waals surface area contributed by atoms with Gasteiger partial charge in [0, 0.05) is 13.1 Å². The Morgan fingerprint density at radius 1 is 0.957 bits per heavy atom. The van der Waals surface area contributed by atoms with Crippen molar-refractivity contribution in [1.82, 2.24) is 0 Å². The van der Waals surface area contributed by atoms with Crippen LogP contribution in [0.5, 0.6) is 0 Å². The fraction of sp³-hybridized carbons (Fsp3) is 0.625. The number of rotatable bonds is 2. The molecule has 0 N–H and O–H groups in total. The van der Waals surface area contributed by atoms with Crippen molar-refractivity contribution in [3.05, 3.63) is 23.8 Å². The van der Waals surface area contributed by atoms with E-state index in [1.807, 2.05) is 27.7 Å². The molecule has 0 aliphatic carbocycles. The molecule has 7 heteroatoms. The van der Waals surface area contributed by atoms with Crippen LogP contribution >= 0.6 is 0 Å². The molecule has 2 saturated heterocycles. The molecule has 0 bridgehead atoms. The van der Waals surface area contributed by atoms with Gasteiger partial charge >= 0.3 is 7.12 Å². The molecule has 2 heterocycles. The maximum atomic E-state index is 14.5. The number of benzene rings is 1. The summed E-state index contributed by atoms with van der Waals surface area (Å²) in [6, 6.07) is 2.60. The summed E-state index contributed by atoms with van der Waals surface area (Å²) in [5, 5.41) is 0. The normalized spacial score (nSPS) is 23.4. The first kappa shape index (κ1) is 16.7. The SMILES string of the molecule is CC1(C)OB(c2cc(F)c(N3CCOCC3)c(F)c2)OC1(C)C. The van der Waals surface area contributed by atoms with E-state index in [9.17, 15) is 8.78 Å². The fourth-order valence-corrected chi connectivity index (χ4v) is 2.79. The molecule has 1 aromatic rings. The van der Waals surface area contributed by atoms with Crippen LogP contribution in [-0.4, -0.2) is 44.6 Å². The molecule has 126 valence electrons. The number of ether oxygens (including phenoxy) is 1. The van der Waals surface area contributed by atoms with E-state index >= 15 is 0 Å². The lowest BCUT2D eigenvalue weighted by Crippen LogP contribution is -2.41. The molecule has 0 spiro atoms. The average molecular weight is 325 g/mol. The van der Waals surface area contributed by atoms with Gasteiger partial charge in [0.15, 0.2) is 0 Å².